The highest BCUT2D eigenvalue weighted by molar-refractivity contribution is 6.31. The van der Waals surface area contributed by atoms with Gasteiger partial charge in [0.25, 0.3) is 11.5 Å². The molecule has 0 radical (unpaired) electrons. The molecule has 28 heavy (non-hydrogen) atoms. The minimum absolute atomic E-state index is 0.329. The Labute approximate surface area is 165 Å². The lowest BCUT2D eigenvalue weighted by molar-refractivity contribution is 0.101. The van der Waals surface area contributed by atoms with E-state index in [1.54, 1.807) is 49.4 Å². The van der Waals surface area contributed by atoms with Gasteiger partial charge in [0, 0.05) is 18.1 Å². The van der Waals surface area contributed by atoms with Crippen molar-refractivity contribution in [2.45, 2.75) is 6.92 Å². The number of aryl methyl sites for hydroxylation is 1. The topological polar surface area (TPSA) is 95.2 Å². The summed E-state index contributed by atoms with van der Waals surface area (Å²) in [4.78, 5) is 37.6. The number of halogens is 1. The number of carbonyl (C=O) groups excluding carboxylic acids is 1. The Balaban J connectivity index is 2.08. The van der Waals surface area contributed by atoms with E-state index >= 15 is 0 Å². The van der Waals surface area contributed by atoms with Gasteiger partial charge in [0.2, 0.25) is 5.69 Å². The Morgan fingerprint density at radius 2 is 1.86 bits per heavy atom. The van der Waals surface area contributed by atoms with Crippen LogP contribution in [0.15, 0.2) is 52.1 Å². The van der Waals surface area contributed by atoms with Crippen LogP contribution in [0.1, 0.15) is 16.1 Å². The SMILES string of the molecule is COc1cc(Cl)c(C)cc1NC(=O)c1nn(-c2ccccc2)c(=O)n(C)c1=O. The molecule has 9 heteroatoms. The highest BCUT2D eigenvalue weighted by Gasteiger charge is 2.20. The number of nitrogens with zero attached hydrogens (tertiary/aromatic N) is 3. The van der Waals surface area contributed by atoms with E-state index in [4.69, 9.17) is 16.3 Å². The summed E-state index contributed by atoms with van der Waals surface area (Å²) in [6.07, 6.45) is 0. The van der Waals surface area contributed by atoms with Crippen LogP contribution in [0, 0.1) is 6.92 Å². The standard InChI is InChI=1S/C19H17ClN4O4/c1-11-9-14(15(28-3)10-13(11)20)21-17(25)16-18(26)23(2)19(27)24(22-16)12-7-5-4-6-8-12/h4-10H,1-3H3,(H,21,25). The molecule has 8 nitrogen and oxygen atoms in total. The Morgan fingerprint density at radius 3 is 2.50 bits per heavy atom. The molecule has 3 aromatic rings. The average molecular weight is 401 g/mol. The predicted molar refractivity (Wildman–Crippen MR) is 106 cm³/mol. The molecule has 1 heterocycles. The van der Waals surface area contributed by atoms with E-state index in [1.165, 1.54) is 14.2 Å². The monoisotopic (exact) mass is 400 g/mol. The number of nitrogens with one attached hydrogen (secondary N) is 1. The first-order valence-corrected chi connectivity index (χ1v) is 8.62. The Kier molecular flexibility index (Phi) is 5.32. The van der Waals surface area contributed by atoms with E-state index in [-0.39, 0.29) is 0 Å². The lowest BCUT2D eigenvalue weighted by Crippen LogP contribution is -2.43. The number of carbonyl (C=O) groups is 1. The number of rotatable bonds is 4. The van der Waals surface area contributed by atoms with Gasteiger partial charge >= 0.3 is 5.69 Å². The average Bonchev–Trinajstić information content (AvgIpc) is 2.69. The van der Waals surface area contributed by atoms with Crippen LogP contribution in [0.5, 0.6) is 5.75 Å². The maximum absolute atomic E-state index is 12.8. The van der Waals surface area contributed by atoms with Crippen molar-refractivity contribution in [3.05, 3.63) is 79.6 Å². The van der Waals surface area contributed by atoms with Crippen molar-refractivity contribution in [3.8, 4) is 11.4 Å². The van der Waals surface area contributed by atoms with Gasteiger partial charge in [-0.3, -0.25) is 14.2 Å². The van der Waals surface area contributed by atoms with Crippen LogP contribution in [-0.2, 0) is 7.05 Å². The number of methoxy groups -OCH3 is 1. The first-order chi connectivity index (χ1) is 13.3. The highest BCUT2D eigenvalue weighted by Crippen LogP contribution is 2.31. The third-order valence-electron chi connectivity index (χ3n) is 4.12. The highest BCUT2D eigenvalue weighted by atomic mass is 35.5. The van der Waals surface area contributed by atoms with Gasteiger partial charge in [0.15, 0.2) is 0 Å². The van der Waals surface area contributed by atoms with Crippen LogP contribution in [0.3, 0.4) is 0 Å². The first kappa shape index (κ1) is 19.4. The van der Waals surface area contributed by atoms with Crippen molar-refractivity contribution in [1.29, 1.82) is 0 Å². The van der Waals surface area contributed by atoms with E-state index in [9.17, 15) is 14.4 Å². The van der Waals surface area contributed by atoms with Gasteiger partial charge in [0.05, 0.1) is 18.5 Å². The normalized spacial score (nSPS) is 10.6. The first-order valence-electron chi connectivity index (χ1n) is 8.24. The second-order valence-electron chi connectivity index (χ2n) is 6.00. The van der Waals surface area contributed by atoms with E-state index in [1.807, 2.05) is 0 Å². The zero-order valence-electron chi connectivity index (χ0n) is 15.4. The zero-order chi connectivity index (χ0) is 20.4. The quantitative estimate of drug-likeness (QED) is 0.724. The number of ether oxygens (including phenoxy) is 1. The van der Waals surface area contributed by atoms with Gasteiger partial charge in [-0.2, -0.15) is 9.78 Å². The second kappa shape index (κ2) is 7.69. The molecule has 0 aliphatic rings. The predicted octanol–water partition coefficient (Wildman–Crippen LogP) is 2.15. The van der Waals surface area contributed by atoms with E-state index < -0.39 is 22.9 Å². The molecule has 0 bridgehead atoms. The molecule has 3 rings (SSSR count). The van der Waals surface area contributed by atoms with Gasteiger partial charge in [-0.15, -0.1) is 0 Å². The second-order valence-corrected chi connectivity index (χ2v) is 6.41. The minimum atomic E-state index is -0.806. The summed E-state index contributed by atoms with van der Waals surface area (Å²) in [5.41, 5.74) is -0.423. The molecule has 0 saturated carbocycles. The summed E-state index contributed by atoms with van der Waals surface area (Å²) in [5.74, 6) is -0.442. The lowest BCUT2D eigenvalue weighted by atomic mass is 10.2. The lowest BCUT2D eigenvalue weighted by Gasteiger charge is -2.13. The molecule has 144 valence electrons. The maximum atomic E-state index is 12.8. The molecular formula is C19H17ClN4O4. The van der Waals surface area contributed by atoms with Gasteiger partial charge in [-0.05, 0) is 30.7 Å². The number of para-hydroxylation sites is 1. The summed E-state index contributed by atoms with van der Waals surface area (Å²) in [6.45, 7) is 1.77. The third-order valence-corrected chi connectivity index (χ3v) is 4.53. The summed E-state index contributed by atoms with van der Waals surface area (Å²) >= 11 is 6.07. The minimum Gasteiger partial charge on any atom is -0.495 e. The van der Waals surface area contributed by atoms with Crippen LogP contribution in [0.25, 0.3) is 5.69 Å². The van der Waals surface area contributed by atoms with Crippen molar-refractivity contribution in [2.24, 2.45) is 7.05 Å². The molecule has 0 saturated heterocycles. The van der Waals surface area contributed by atoms with Gasteiger partial charge in [0.1, 0.15) is 5.75 Å². The van der Waals surface area contributed by atoms with Crippen molar-refractivity contribution in [2.75, 3.05) is 12.4 Å². The molecule has 0 unspecified atom stereocenters. The fraction of sp³-hybridized carbons (Fsp3) is 0.158. The van der Waals surface area contributed by atoms with Crippen LogP contribution < -0.4 is 21.3 Å². The fourth-order valence-electron chi connectivity index (χ4n) is 2.56. The molecular weight excluding hydrogens is 384 g/mol. The summed E-state index contributed by atoms with van der Waals surface area (Å²) in [7, 11) is 2.72. The van der Waals surface area contributed by atoms with Crippen LogP contribution in [0.4, 0.5) is 5.69 Å². The molecule has 1 aromatic heterocycles. The molecule has 1 amide bonds. The van der Waals surface area contributed by atoms with E-state index in [0.29, 0.717) is 27.7 Å². The van der Waals surface area contributed by atoms with E-state index in [0.717, 1.165) is 9.25 Å². The largest absolute Gasteiger partial charge is 0.495 e. The summed E-state index contributed by atoms with van der Waals surface area (Å²) < 4.78 is 7.06. The number of amides is 1. The van der Waals surface area contributed by atoms with Gasteiger partial charge in [-0.25, -0.2) is 4.79 Å². The fourth-order valence-corrected chi connectivity index (χ4v) is 2.72. The number of hydrogen-bond acceptors (Lipinski definition) is 5. The zero-order valence-corrected chi connectivity index (χ0v) is 16.1. The van der Waals surface area contributed by atoms with Crippen LogP contribution in [0.2, 0.25) is 5.02 Å². The summed E-state index contributed by atoms with van der Waals surface area (Å²) in [6, 6.07) is 11.7. The third kappa shape index (κ3) is 3.54. The number of aromatic nitrogens is 3. The molecule has 0 aliphatic heterocycles. The molecule has 0 spiro atoms. The Morgan fingerprint density at radius 1 is 1.18 bits per heavy atom. The van der Waals surface area contributed by atoms with E-state index in [2.05, 4.69) is 10.4 Å². The van der Waals surface area contributed by atoms with Crippen LogP contribution >= 0.6 is 11.6 Å². The number of hydrogen-bond donors (Lipinski definition) is 1. The van der Waals surface area contributed by atoms with Crippen LogP contribution in [-0.4, -0.2) is 27.4 Å². The number of benzene rings is 2. The molecule has 1 N–H and O–H groups in total. The molecule has 0 fully saturated rings. The maximum Gasteiger partial charge on any atom is 0.351 e. The van der Waals surface area contributed by atoms with Gasteiger partial charge in [-0.1, -0.05) is 29.8 Å². The molecule has 0 aliphatic carbocycles. The van der Waals surface area contributed by atoms with Gasteiger partial charge < -0.3 is 10.1 Å². The Bertz CT molecular complexity index is 1170. The van der Waals surface area contributed by atoms with Crippen molar-refractivity contribution in [3.63, 3.8) is 0 Å². The Hall–Kier alpha value is -3.39. The number of anilines is 1. The van der Waals surface area contributed by atoms with Crippen molar-refractivity contribution in [1.82, 2.24) is 14.3 Å². The smallest absolute Gasteiger partial charge is 0.351 e. The molecule has 2 aromatic carbocycles. The summed E-state index contributed by atoms with van der Waals surface area (Å²) in [5, 5.41) is 7.06. The van der Waals surface area contributed by atoms with Crippen molar-refractivity contribution >= 4 is 23.2 Å². The molecule has 0 atom stereocenters. The van der Waals surface area contributed by atoms with Crippen molar-refractivity contribution < 1.29 is 9.53 Å².